The van der Waals surface area contributed by atoms with Gasteiger partial charge in [-0.3, -0.25) is 9.80 Å². The zero-order valence-corrected chi connectivity index (χ0v) is 19.2. The molecule has 0 unspecified atom stereocenters. The minimum atomic E-state index is -0.630. The molecular weight excluding hydrogens is 405 g/mol. The van der Waals surface area contributed by atoms with Crippen LogP contribution >= 0.6 is 0 Å². The summed E-state index contributed by atoms with van der Waals surface area (Å²) in [5.74, 6) is -0.805. The molecule has 3 heterocycles. The largest absolute Gasteiger partial charge is 0.369 e. The fraction of sp³-hybridized carbons (Fsp3) is 0.538. The van der Waals surface area contributed by atoms with Gasteiger partial charge in [0.05, 0.1) is 18.8 Å². The third-order valence-corrected chi connectivity index (χ3v) is 7.18. The monoisotopic (exact) mass is 439 g/mol. The lowest BCUT2D eigenvalue weighted by molar-refractivity contribution is -0.202. The maximum atomic E-state index is 13.2. The van der Waals surface area contributed by atoms with Crippen LogP contribution in [-0.4, -0.2) is 67.8 Å². The Kier molecular flexibility index (Phi) is 6.21. The summed E-state index contributed by atoms with van der Waals surface area (Å²) >= 11 is 0. The molecule has 1 spiro atoms. The van der Waals surface area contributed by atoms with Crippen LogP contribution in [-0.2, 0) is 21.8 Å². The fourth-order valence-corrected chi connectivity index (χ4v) is 5.29. The zero-order chi connectivity index (χ0) is 22.1. The number of nitrogens with zero attached hydrogens (tertiary/aromatic N) is 3. The first-order valence-electron chi connectivity index (χ1n) is 11.9. The molecule has 2 saturated heterocycles. The van der Waals surface area contributed by atoms with E-state index >= 15 is 0 Å². The quantitative estimate of drug-likeness (QED) is 0.706. The Balaban J connectivity index is 1.14. The Morgan fingerprint density at radius 3 is 2.25 bits per heavy atom. The van der Waals surface area contributed by atoms with E-state index in [1.807, 2.05) is 12.1 Å². The van der Waals surface area contributed by atoms with Gasteiger partial charge in [0.2, 0.25) is 5.79 Å². The van der Waals surface area contributed by atoms with Gasteiger partial charge in [-0.2, -0.15) is 0 Å². The average Bonchev–Trinajstić information content (AvgIpc) is 3.08. The summed E-state index contributed by atoms with van der Waals surface area (Å²) in [5.41, 5.74) is 3.63. The van der Waals surface area contributed by atoms with Crippen LogP contribution < -0.4 is 4.90 Å². The molecule has 0 radical (unpaired) electrons. The Morgan fingerprint density at radius 1 is 0.875 bits per heavy atom. The summed E-state index contributed by atoms with van der Waals surface area (Å²) in [5, 5.41) is 0. The van der Waals surface area contributed by atoms with Crippen LogP contribution in [0.4, 0.5) is 10.1 Å². The first-order chi connectivity index (χ1) is 15.5. The molecule has 6 heteroatoms. The topological polar surface area (TPSA) is 28.2 Å². The Bertz CT molecular complexity index is 904. The number of anilines is 1. The molecule has 0 aromatic heterocycles. The Labute approximate surface area is 190 Å². The maximum Gasteiger partial charge on any atom is 0.209 e. The molecule has 32 heavy (non-hydrogen) atoms. The number of hydrogen-bond acceptors (Lipinski definition) is 5. The van der Waals surface area contributed by atoms with Crippen LogP contribution in [0.5, 0.6) is 0 Å². The van der Waals surface area contributed by atoms with Crippen molar-refractivity contribution in [2.24, 2.45) is 0 Å². The molecule has 2 fully saturated rings. The van der Waals surface area contributed by atoms with Crippen LogP contribution in [0, 0.1) is 5.82 Å². The number of halogens is 1. The van der Waals surface area contributed by atoms with Crippen molar-refractivity contribution in [1.82, 2.24) is 9.80 Å². The zero-order valence-electron chi connectivity index (χ0n) is 19.2. The molecule has 2 atom stereocenters. The number of benzene rings is 2. The molecule has 0 aliphatic carbocycles. The second-order valence-electron chi connectivity index (χ2n) is 9.43. The van der Waals surface area contributed by atoms with E-state index in [9.17, 15) is 4.39 Å². The molecule has 0 saturated carbocycles. The number of rotatable bonds is 5. The van der Waals surface area contributed by atoms with Gasteiger partial charge in [0.1, 0.15) is 5.82 Å². The highest BCUT2D eigenvalue weighted by Gasteiger charge is 2.49. The van der Waals surface area contributed by atoms with E-state index in [2.05, 4.69) is 52.8 Å². The van der Waals surface area contributed by atoms with Gasteiger partial charge in [0.15, 0.2) is 0 Å². The lowest BCUT2D eigenvalue weighted by Gasteiger charge is -2.41. The van der Waals surface area contributed by atoms with Gasteiger partial charge in [0.25, 0.3) is 0 Å². The van der Waals surface area contributed by atoms with Gasteiger partial charge in [-0.05, 0) is 63.2 Å². The van der Waals surface area contributed by atoms with Gasteiger partial charge < -0.3 is 14.4 Å². The SMILES string of the molecule is C[C@H]1OC2(CN(CCCN3CCN(c4ccc(F)cc4)CC3)Cc3ccccc32)O[C@@H]1C. The van der Waals surface area contributed by atoms with E-state index in [4.69, 9.17) is 9.47 Å². The Hall–Kier alpha value is -1.99. The van der Waals surface area contributed by atoms with Crippen molar-refractivity contribution in [1.29, 1.82) is 0 Å². The van der Waals surface area contributed by atoms with Crippen molar-refractivity contribution in [3.63, 3.8) is 0 Å². The fourth-order valence-electron chi connectivity index (χ4n) is 5.29. The van der Waals surface area contributed by atoms with Gasteiger partial charge in [-0.25, -0.2) is 4.39 Å². The molecule has 5 rings (SSSR count). The minimum Gasteiger partial charge on any atom is -0.369 e. The van der Waals surface area contributed by atoms with Crippen molar-refractivity contribution in [3.8, 4) is 0 Å². The van der Waals surface area contributed by atoms with Crippen LogP contribution in [0.15, 0.2) is 48.5 Å². The molecular formula is C26H34FN3O2. The summed E-state index contributed by atoms with van der Waals surface area (Å²) in [7, 11) is 0. The molecule has 2 aromatic carbocycles. The van der Waals surface area contributed by atoms with Gasteiger partial charge in [0, 0.05) is 44.0 Å². The van der Waals surface area contributed by atoms with Gasteiger partial charge in [-0.15, -0.1) is 0 Å². The van der Waals surface area contributed by atoms with E-state index in [-0.39, 0.29) is 18.0 Å². The van der Waals surface area contributed by atoms with Crippen molar-refractivity contribution in [3.05, 3.63) is 65.5 Å². The predicted molar refractivity (Wildman–Crippen MR) is 124 cm³/mol. The van der Waals surface area contributed by atoms with E-state index < -0.39 is 5.79 Å². The average molecular weight is 440 g/mol. The third-order valence-electron chi connectivity index (χ3n) is 7.18. The molecule has 172 valence electrons. The van der Waals surface area contributed by atoms with E-state index in [1.54, 1.807) is 12.1 Å². The lowest BCUT2D eigenvalue weighted by atomic mass is 9.94. The van der Waals surface area contributed by atoms with Gasteiger partial charge in [-0.1, -0.05) is 24.3 Å². The second-order valence-corrected chi connectivity index (χ2v) is 9.43. The second kappa shape index (κ2) is 9.10. The molecule has 0 N–H and O–H groups in total. The molecule has 2 aromatic rings. The summed E-state index contributed by atoms with van der Waals surface area (Å²) in [6, 6.07) is 15.4. The van der Waals surface area contributed by atoms with Crippen molar-refractivity contribution in [2.75, 3.05) is 50.7 Å². The molecule has 0 amide bonds. The first kappa shape index (κ1) is 21.8. The summed E-state index contributed by atoms with van der Waals surface area (Å²) in [6.07, 6.45) is 1.32. The molecule has 5 nitrogen and oxygen atoms in total. The molecule has 3 aliphatic rings. The van der Waals surface area contributed by atoms with Crippen molar-refractivity contribution < 1.29 is 13.9 Å². The maximum absolute atomic E-state index is 13.2. The van der Waals surface area contributed by atoms with Crippen molar-refractivity contribution >= 4 is 5.69 Å². The van der Waals surface area contributed by atoms with E-state index in [1.165, 1.54) is 11.1 Å². The highest BCUT2D eigenvalue weighted by atomic mass is 19.1. The normalized spacial score (nSPS) is 25.9. The number of ether oxygens (including phenoxy) is 2. The first-order valence-corrected chi connectivity index (χ1v) is 11.9. The van der Waals surface area contributed by atoms with Crippen molar-refractivity contribution in [2.45, 2.75) is 44.8 Å². The number of hydrogen-bond donors (Lipinski definition) is 0. The van der Waals surface area contributed by atoms with Crippen LogP contribution in [0.3, 0.4) is 0 Å². The Morgan fingerprint density at radius 2 is 1.53 bits per heavy atom. The van der Waals surface area contributed by atoms with Crippen LogP contribution in [0.25, 0.3) is 0 Å². The van der Waals surface area contributed by atoms with E-state index in [0.717, 1.165) is 64.5 Å². The highest BCUT2D eigenvalue weighted by Crippen LogP contribution is 2.42. The molecule has 3 aliphatic heterocycles. The van der Waals surface area contributed by atoms with Crippen LogP contribution in [0.2, 0.25) is 0 Å². The minimum absolute atomic E-state index is 0.0976. The van der Waals surface area contributed by atoms with Gasteiger partial charge >= 0.3 is 0 Å². The standard InChI is InChI=1S/C26H34FN3O2/c1-20-21(2)32-26(31-20)19-29(18-22-6-3-4-7-25(22)26)13-5-12-28-14-16-30(17-15-28)24-10-8-23(27)9-11-24/h3-4,6-11,20-21H,5,12-19H2,1-2H3/t20-,21-/m1/s1. The number of fused-ring (bicyclic) bond motifs is 2. The number of piperazine rings is 1. The molecule has 0 bridgehead atoms. The lowest BCUT2D eigenvalue weighted by Crippen LogP contribution is -2.49. The summed E-state index contributed by atoms with van der Waals surface area (Å²) in [4.78, 5) is 7.38. The summed E-state index contributed by atoms with van der Waals surface area (Å²) < 4.78 is 26.0. The van der Waals surface area contributed by atoms with E-state index in [0.29, 0.717) is 0 Å². The predicted octanol–water partition coefficient (Wildman–Crippen LogP) is 3.83. The van der Waals surface area contributed by atoms with Crippen LogP contribution in [0.1, 0.15) is 31.4 Å². The third kappa shape index (κ3) is 4.42. The summed E-state index contributed by atoms with van der Waals surface area (Å²) in [6.45, 7) is 12.1. The highest BCUT2D eigenvalue weighted by molar-refractivity contribution is 5.46. The smallest absolute Gasteiger partial charge is 0.209 e.